The molecule has 2 nitrogen and oxygen atoms in total. The van der Waals surface area contributed by atoms with Gasteiger partial charge in [0.2, 0.25) is 0 Å². The largest absolute Gasteiger partial charge is 0.494 e. The van der Waals surface area contributed by atoms with Crippen molar-refractivity contribution in [1.29, 1.82) is 0 Å². The zero-order valence-corrected chi connectivity index (χ0v) is 7.37. The van der Waals surface area contributed by atoms with Crippen molar-refractivity contribution >= 4 is 6.29 Å². The van der Waals surface area contributed by atoms with Gasteiger partial charge in [-0.15, -0.1) is 0 Å². The summed E-state index contributed by atoms with van der Waals surface area (Å²) < 4.78 is 18.0. The third-order valence-corrected chi connectivity index (χ3v) is 1.61. The Bertz CT molecular complexity index is 286. The molecular formula is C10H11FO2. The predicted molar refractivity (Wildman–Crippen MR) is 47.5 cm³/mol. The van der Waals surface area contributed by atoms with Crippen LogP contribution in [0.1, 0.15) is 18.7 Å². The summed E-state index contributed by atoms with van der Waals surface area (Å²) in [5, 5.41) is 0. The Labute approximate surface area is 76.3 Å². The van der Waals surface area contributed by atoms with Crippen molar-refractivity contribution < 1.29 is 13.9 Å². The van der Waals surface area contributed by atoms with E-state index in [1.807, 2.05) is 6.92 Å². The molecule has 0 aliphatic heterocycles. The Morgan fingerprint density at radius 3 is 3.00 bits per heavy atom. The van der Waals surface area contributed by atoms with E-state index in [9.17, 15) is 9.18 Å². The van der Waals surface area contributed by atoms with E-state index in [0.29, 0.717) is 17.9 Å². The van der Waals surface area contributed by atoms with E-state index in [0.717, 1.165) is 0 Å². The zero-order chi connectivity index (χ0) is 9.68. The quantitative estimate of drug-likeness (QED) is 0.668. The molecule has 3 heteroatoms. The molecule has 0 spiro atoms. The molecule has 1 atom stereocenters. The molecule has 0 heterocycles. The first-order chi connectivity index (χ1) is 6.27. The lowest BCUT2D eigenvalue weighted by atomic mass is 10.1. The second-order valence-electron chi connectivity index (χ2n) is 2.54. The molecule has 0 radical (unpaired) electrons. The van der Waals surface area contributed by atoms with Crippen molar-refractivity contribution in [3.8, 4) is 5.75 Å². The summed E-state index contributed by atoms with van der Waals surface area (Å²) in [7, 11) is 0. The van der Waals surface area contributed by atoms with E-state index in [1.54, 1.807) is 18.2 Å². The average Bonchev–Trinajstić information content (AvgIpc) is 2.18. The Hall–Kier alpha value is -1.38. The van der Waals surface area contributed by atoms with E-state index in [-0.39, 0.29) is 6.29 Å². The topological polar surface area (TPSA) is 26.3 Å². The molecule has 0 saturated heterocycles. The van der Waals surface area contributed by atoms with Gasteiger partial charge in [-0.3, -0.25) is 4.79 Å². The summed E-state index contributed by atoms with van der Waals surface area (Å²) in [6.07, 6.45) is -1.29. The predicted octanol–water partition coefficient (Wildman–Crippen LogP) is 2.29. The first-order valence-electron chi connectivity index (χ1n) is 4.10. The lowest BCUT2D eigenvalue weighted by Crippen LogP contribution is -1.95. The van der Waals surface area contributed by atoms with Crippen LogP contribution in [0.3, 0.4) is 0 Å². The van der Waals surface area contributed by atoms with E-state index >= 15 is 0 Å². The fourth-order valence-electron chi connectivity index (χ4n) is 1.02. The summed E-state index contributed by atoms with van der Waals surface area (Å²) in [5.41, 5.74) is 0.334. The van der Waals surface area contributed by atoms with E-state index < -0.39 is 6.17 Å². The van der Waals surface area contributed by atoms with E-state index in [4.69, 9.17) is 4.74 Å². The number of ether oxygens (including phenoxy) is 1. The van der Waals surface area contributed by atoms with Crippen LogP contribution in [-0.4, -0.2) is 12.9 Å². The van der Waals surface area contributed by atoms with Crippen LogP contribution < -0.4 is 4.74 Å². The van der Waals surface area contributed by atoms with Gasteiger partial charge >= 0.3 is 0 Å². The van der Waals surface area contributed by atoms with E-state index in [2.05, 4.69) is 0 Å². The molecule has 0 aromatic heterocycles. The molecular weight excluding hydrogens is 171 g/mol. The fraction of sp³-hybridized carbons (Fsp3) is 0.300. The highest BCUT2D eigenvalue weighted by atomic mass is 19.1. The lowest BCUT2D eigenvalue weighted by Gasteiger charge is -2.05. The maximum absolute atomic E-state index is 12.9. The smallest absolute Gasteiger partial charge is 0.180 e. The second kappa shape index (κ2) is 4.60. The molecule has 13 heavy (non-hydrogen) atoms. The van der Waals surface area contributed by atoms with Gasteiger partial charge in [-0.1, -0.05) is 12.1 Å². The molecule has 0 fully saturated rings. The van der Waals surface area contributed by atoms with Crippen LogP contribution in [0.15, 0.2) is 24.3 Å². The standard InChI is InChI=1S/C10H11FO2/c1-2-13-9-5-3-4-8(6-9)10(11)7-12/h3-7,10H,2H2,1H3. The van der Waals surface area contributed by atoms with Gasteiger partial charge in [0.05, 0.1) is 6.61 Å². The van der Waals surface area contributed by atoms with Crippen LogP contribution in [0.4, 0.5) is 4.39 Å². The van der Waals surface area contributed by atoms with Crippen molar-refractivity contribution in [1.82, 2.24) is 0 Å². The van der Waals surface area contributed by atoms with Crippen molar-refractivity contribution in [2.24, 2.45) is 0 Å². The number of rotatable bonds is 4. The number of halogens is 1. The second-order valence-corrected chi connectivity index (χ2v) is 2.54. The minimum absolute atomic E-state index is 0.269. The van der Waals surface area contributed by atoms with E-state index in [1.165, 1.54) is 6.07 Å². The van der Waals surface area contributed by atoms with Crippen molar-refractivity contribution in [2.75, 3.05) is 6.61 Å². The Morgan fingerprint density at radius 1 is 1.62 bits per heavy atom. The molecule has 0 aliphatic carbocycles. The lowest BCUT2D eigenvalue weighted by molar-refractivity contribution is -0.112. The van der Waals surface area contributed by atoms with Gasteiger partial charge in [0, 0.05) is 0 Å². The van der Waals surface area contributed by atoms with Crippen LogP contribution in [-0.2, 0) is 4.79 Å². The molecule has 0 bridgehead atoms. The van der Waals surface area contributed by atoms with Gasteiger partial charge in [-0.2, -0.15) is 0 Å². The third kappa shape index (κ3) is 2.54. The Morgan fingerprint density at radius 2 is 2.38 bits per heavy atom. The van der Waals surface area contributed by atoms with Gasteiger partial charge in [0.15, 0.2) is 12.5 Å². The highest BCUT2D eigenvalue weighted by Gasteiger charge is 2.07. The maximum atomic E-state index is 12.9. The van der Waals surface area contributed by atoms with Crippen LogP contribution in [0, 0.1) is 0 Å². The molecule has 70 valence electrons. The minimum Gasteiger partial charge on any atom is -0.494 e. The highest BCUT2D eigenvalue weighted by Crippen LogP contribution is 2.20. The van der Waals surface area contributed by atoms with Gasteiger partial charge in [-0.25, -0.2) is 4.39 Å². The third-order valence-electron chi connectivity index (χ3n) is 1.61. The number of benzene rings is 1. The molecule has 1 unspecified atom stereocenters. The molecule has 0 N–H and O–H groups in total. The van der Waals surface area contributed by atoms with Crippen molar-refractivity contribution in [3.05, 3.63) is 29.8 Å². The summed E-state index contributed by atoms with van der Waals surface area (Å²) >= 11 is 0. The Balaban J connectivity index is 2.84. The number of carbonyl (C=O) groups is 1. The highest BCUT2D eigenvalue weighted by molar-refractivity contribution is 5.60. The molecule has 0 saturated carbocycles. The normalized spacial score (nSPS) is 12.2. The van der Waals surface area contributed by atoms with Crippen molar-refractivity contribution in [2.45, 2.75) is 13.1 Å². The van der Waals surface area contributed by atoms with Gasteiger partial charge in [-0.05, 0) is 24.6 Å². The maximum Gasteiger partial charge on any atom is 0.180 e. The summed E-state index contributed by atoms with van der Waals surface area (Å²) in [6.45, 7) is 2.38. The van der Waals surface area contributed by atoms with Crippen LogP contribution in [0.2, 0.25) is 0 Å². The number of carbonyl (C=O) groups excluding carboxylic acids is 1. The summed E-state index contributed by atoms with van der Waals surface area (Å²) in [6, 6.07) is 6.48. The van der Waals surface area contributed by atoms with Gasteiger partial charge in [0.25, 0.3) is 0 Å². The number of hydrogen-bond donors (Lipinski definition) is 0. The SMILES string of the molecule is CCOc1cccc(C(F)C=O)c1. The van der Waals surface area contributed by atoms with Crippen LogP contribution >= 0.6 is 0 Å². The first-order valence-corrected chi connectivity index (χ1v) is 4.10. The summed E-state index contributed by atoms with van der Waals surface area (Å²) in [4.78, 5) is 10.2. The summed E-state index contributed by atoms with van der Waals surface area (Å²) in [5.74, 6) is 0.588. The molecule has 1 aromatic rings. The minimum atomic E-state index is -1.56. The Kier molecular flexibility index (Phi) is 3.43. The molecule has 0 aliphatic rings. The van der Waals surface area contributed by atoms with Crippen molar-refractivity contribution in [3.63, 3.8) is 0 Å². The van der Waals surface area contributed by atoms with Crippen LogP contribution in [0.5, 0.6) is 5.75 Å². The molecule has 1 rings (SSSR count). The van der Waals surface area contributed by atoms with Gasteiger partial charge < -0.3 is 4.74 Å². The first kappa shape index (κ1) is 9.71. The molecule has 1 aromatic carbocycles. The number of alkyl halides is 1. The number of hydrogen-bond acceptors (Lipinski definition) is 2. The monoisotopic (exact) mass is 182 g/mol. The average molecular weight is 182 g/mol. The van der Waals surface area contributed by atoms with Crippen LogP contribution in [0.25, 0.3) is 0 Å². The fourth-order valence-corrected chi connectivity index (χ4v) is 1.02. The molecule has 0 amide bonds. The zero-order valence-electron chi connectivity index (χ0n) is 7.37. The van der Waals surface area contributed by atoms with Gasteiger partial charge in [0.1, 0.15) is 5.75 Å². The number of aldehydes is 1.